The maximum atomic E-state index is 5.65. The number of aromatic nitrogens is 2. The normalized spacial score (nSPS) is 10.4. The van der Waals surface area contributed by atoms with Gasteiger partial charge in [-0.15, -0.1) is 0 Å². The van der Waals surface area contributed by atoms with Crippen molar-refractivity contribution in [3.63, 3.8) is 0 Å². The quantitative estimate of drug-likeness (QED) is 0.736. The molecule has 2 rings (SSSR count). The number of H-pyrrole nitrogens is 1. The Bertz CT molecular complexity index is 484. The number of aromatic amines is 1. The Morgan fingerprint density at radius 3 is 2.79 bits per heavy atom. The van der Waals surface area contributed by atoms with E-state index in [4.69, 9.17) is 18.0 Å². The summed E-state index contributed by atoms with van der Waals surface area (Å²) in [7, 11) is 0. The van der Waals surface area contributed by atoms with E-state index in [9.17, 15) is 0 Å². The lowest BCUT2D eigenvalue weighted by Crippen LogP contribution is -2.03. The molecular weight excluding hydrogens is 194 g/mol. The van der Waals surface area contributed by atoms with Gasteiger partial charge in [0.15, 0.2) is 4.77 Å². The second-order valence-electron chi connectivity index (χ2n) is 2.97. The Morgan fingerprint density at radius 1 is 1.36 bits per heavy atom. The van der Waals surface area contributed by atoms with Crippen LogP contribution in [0.2, 0.25) is 0 Å². The minimum atomic E-state index is 0.517. The maximum Gasteiger partial charge on any atom is 0.181 e. The Kier molecular flexibility index (Phi) is 2.47. The minimum absolute atomic E-state index is 0.517. The fourth-order valence-electron chi connectivity index (χ4n) is 1.43. The van der Waals surface area contributed by atoms with E-state index in [1.807, 2.05) is 41.2 Å². The summed E-state index contributed by atoms with van der Waals surface area (Å²) in [5.74, 6) is 0. The number of hydrogen-bond donors (Lipinski definition) is 2. The van der Waals surface area contributed by atoms with E-state index in [0.29, 0.717) is 11.3 Å². The lowest BCUT2D eigenvalue weighted by molar-refractivity contribution is 0.970. The third-order valence-corrected chi connectivity index (χ3v) is 2.43. The maximum absolute atomic E-state index is 5.65. The van der Waals surface area contributed by atoms with Crippen molar-refractivity contribution >= 4 is 12.2 Å². The molecule has 1 aromatic carbocycles. The smallest absolute Gasteiger partial charge is 0.181 e. The molecule has 1 heterocycles. The Hall–Kier alpha value is -1.39. The lowest BCUT2D eigenvalue weighted by atomic mass is 10.2. The SMILES string of the molecule is NCc1ccccc1-n1cc[nH]c1=S. The van der Waals surface area contributed by atoms with Crippen LogP contribution in [-0.4, -0.2) is 9.55 Å². The molecule has 0 unspecified atom stereocenters. The van der Waals surface area contributed by atoms with Gasteiger partial charge in [-0.3, -0.25) is 4.57 Å². The monoisotopic (exact) mass is 205 g/mol. The van der Waals surface area contributed by atoms with Gasteiger partial charge in [-0.2, -0.15) is 0 Å². The molecule has 3 N–H and O–H groups in total. The summed E-state index contributed by atoms with van der Waals surface area (Å²) in [5.41, 5.74) is 7.78. The Labute approximate surface area is 87.2 Å². The van der Waals surface area contributed by atoms with Gasteiger partial charge in [0.05, 0.1) is 5.69 Å². The number of rotatable bonds is 2. The molecule has 0 atom stereocenters. The van der Waals surface area contributed by atoms with Gasteiger partial charge in [0, 0.05) is 18.9 Å². The van der Waals surface area contributed by atoms with E-state index in [-0.39, 0.29) is 0 Å². The van der Waals surface area contributed by atoms with Crippen LogP contribution in [-0.2, 0) is 6.54 Å². The molecular formula is C10H11N3S. The highest BCUT2D eigenvalue weighted by molar-refractivity contribution is 7.71. The van der Waals surface area contributed by atoms with Gasteiger partial charge in [-0.1, -0.05) is 18.2 Å². The molecule has 1 aromatic heterocycles. The van der Waals surface area contributed by atoms with E-state index in [0.717, 1.165) is 11.3 Å². The summed E-state index contributed by atoms with van der Waals surface area (Å²) >= 11 is 5.14. The number of nitrogens with two attached hydrogens (primary N) is 1. The molecule has 4 heteroatoms. The highest BCUT2D eigenvalue weighted by Crippen LogP contribution is 2.13. The summed E-state index contributed by atoms with van der Waals surface area (Å²) < 4.78 is 2.60. The first-order valence-electron chi connectivity index (χ1n) is 4.37. The zero-order chi connectivity index (χ0) is 9.97. The number of hydrogen-bond acceptors (Lipinski definition) is 2. The zero-order valence-corrected chi connectivity index (χ0v) is 8.42. The molecule has 0 aliphatic heterocycles. The van der Waals surface area contributed by atoms with Crippen LogP contribution in [0.3, 0.4) is 0 Å². The van der Waals surface area contributed by atoms with E-state index in [1.54, 1.807) is 0 Å². The predicted octanol–water partition coefficient (Wildman–Crippen LogP) is 1.99. The van der Waals surface area contributed by atoms with E-state index < -0.39 is 0 Å². The number of para-hydroxylation sites is 1. The largest absolute Gasteiger partial charge is 0.337 e. The van der Waals surface area contributed by atoms with E-state index >= 15 is 0 Å². The summed E-state index contributed by atoms with van der Waals surface area (Å²) in [6, 6.07) is 7.96. The van der Waals surface area contributed by atoms with Crippen molar-refractivity contribution in [2.24, 2.45) is 5.73 Å². The fraction of sp³-hybridized carbons (Fsp3) is 0.100. The standard InChI is InChI=1S/C10H11N3S/c11-7-8-3-1-2-4-9(8)13-6-5-12-10(13)14/h1-6H,7,11H2,(H,12,14). The van der Waals surface area contributed by atoms with Crippen molar-refractivity contribution in [3.05, 3.63) is 47.0 Å². The molecule has 2 aromatic rings. The molecule has 0 radical (unpaired) electrons. The topological polar surface area (TPSA) is 46.7 Å². The van der Waals surface area contributed by atoms with Gasteiger partial charge in [0.25, 0.3) is 0 Å². The van der Waals surface area contributed by atoms with Gasteiger partial charge in [0.2, 0.25) is 0 Å². The molecule has 3 nitrogen and oxygen atoms in total. The number of nitrogens with zero attached hydrogens (tertiary/aromatic N) is 1. The molecule has 0 bridgehead atoms. The molecule has 0 amide bonds. The molecule has 0 saturated carbocycles. The molecule has 0 saturated heterocycles. The average molecular weight is 205 g/mol. The van der Waals surface area contributed by atoms with Crippen LogP contribution in [0.15, 0.2) is 36.7 Å². The Balaban J connectivity index is 2.62. The van der Waals surface area contributed by atoms with Crippen molar-refractivity contribution in [3.8, 4) is 5.69 Å². The first kappa shape index (κ1) is 9.18. The molecule has 72 valence electrons. The van der Waals surface area contributed by atoms with Crippen LogP contribution >= 0.6 is 12.2 Å². The van der Waals surface area contributed by atoms with Gasteiger partial charge in [0.1, 0.15) is 0 Å². The van der Waals surface area contributed by atoms with Crippen molar-refractivity contribution < 1.29 is 0 Å². The highest BCUT2D eigenvalue weighted by Gasteiger charge is 2.01. The van der Waals surface area contributed by atoms with Crippen molar-refractivity contribution in [1.29, 1.82) is 0 Å². The third-order valence-electron chi connectivity index (χ3n) is 2.12. The highest BCUT2D eigenvalue weighted by atomic mass is 32.1. The molecule has 14 heavy (non-hydrogen) atoms. The molecule has 0 fully saturated rings. The van der Waals surface area contributed by atoms with Crippen LogP contribution in [0, 0.1) is 4.77 Å². The fourth-order valence-corrected chi connectivity index (χ4v) is 1.66. The number of nitrogens with one attached hydrogen (secondary N) is 1. The summed E-state index contributed by atoms with van der Waals surface area (Å²) in [6.07, 6.45) is 3.71. The van der Waals surface area contributed by atoms with Crippen LogP contribution in [0.4, 0.5) is 0 Å². The van der Waals surface area contributed by atoms with E-state index in [1.165, 1.54) is 0 Å². The average Bonchev–Trinajstić information content (AvgIpc) is 2.64. The minimum Gasteiger partial charge on any atom is -0.337 e. The summed E-state index contributed by atoms with van der Waals surface area (Å²) in [4.78, 5) is 2.96. The van der Waals surface area contributed by atoms with Gasteiger partial charge in [-0.05, 0) is 23.8 Å². The Morgan fingerprint density at radius 2 is 2.14 bits per heavy atom. The van der Waals surface area contributed by atoms with Gasteiger partial charge >= 0.3 is 0 Å². The van der Waals surface area contributed by atoms with Crippen LogP contribution in [0.25, 0.3) is 5.69 Å². The van der Waals surface area contributed by atoms with Crippen molar-refractivity contribution in [2.45, 2.75) is 6.54 Å². The zero-order valence-electron chi connectivity index (χ0n) is 7.60. The first-order valence-corrected chi connectivity index (χ1v) is 4.78. The third kappa shape index (κ3) is 1.49. The summed E-state index contributed by atoms with van der Waals surface area (Å²) in [5, 5.41) is 0. The predicted molar refractivity (Wildman–Crippen MR) is 58.8 cm³/mol. The summed E-state index contributed by atoms with van der Waals surface area (Å²) in [6.45, 7) is 0.517. The van der Waals surface area contributed by atoms with Crippen LogP contribution in [0.5, 0.6) is 0 Å². The molecule has 0 spiro atoms. The van der Waals surface area contributed by atoms with Crippen LogP contribution in [0.1, 0.15) is 5.56 Å². The number of imidazole rings is 1. The first-order chi connectivity index (χ1) is 6.83. The van der Waals surface area contributed by atoms with Crippen molar-refractivity contribution in [2.75, 3.05) is 0 Å². The number of benzene rings is 1. The lowest BCUT2D eigenvalue weighted by Gasteiger charge is -2.07. The molecule has 0 aliphatic rings. The van der Waals surface area contributed by atoms with Gasteiger partial charge < -0.3 is 10.7 Å². The second kappa shape index (κ2) is 3.77. The second-order valence-corrected chi connectivity index (χ2v) is 3.35. The van der Waals surface area contributed by atoms with Crippen LogP contribution < -0.4 is 5.73 Å². The van der Waals surface area contributed by atoms with E-state index in [2.05, 4.69) is 4.98 Å². The van der Waals surface area contributed by atoms with Crippen molar-refractivity contribution in [1.82, 2.24) is 9.55 Å². The van der Waals surface area contributed by atoms with Gasteiger partial charge in [-0.25, -0.2) is 0 Å². The molecule has 0 aliphatic carbocycles.